The molecule has 6 heteroatoms. The summed E-state index contributed by atoms with van der Waals surface area (Å²) in [5.74, 6) is -0.516. The van der Waals surface area contributed by atoms with E-state index in [-0.39, 0.29) is 12.1 Å². The number of likely N-dealkylation sites (tertiary alicyclic amines) is 1. The third-order valence-electron chi connectivity index (χ3n) is 4.66. The summed E-state index contributed by atoms with van der Waals surface area (Å²) in [6, 6.07) is -0.759. The van der Waals surface area contributed by atoms with Crippen LogP contribution >= 0.6 is 0 Å². The summed E-state index contributed by atoms with van der Waals surface area (Å²) in [5, 5.41) is 12.3. The van der Waals surface area contributed by atoms with Crippen LogP contribution in [0.4, 0.5) is 4.79 Å². The normalized spacial score (nSPS) is 28.2. The van der Waals surface area contributed by atoms with E-state index in [1.807, 2.05) is 0 Å². The molecule has 0 aromatic carbocycles. The van der Waals surface area contributed by atoms with Crippen molar-refractivity contribution in [3.05, 3.63) is 0 Å². The predicted molar refractivity (Wildman–Crippen MR) is 78.1 cm³/mol. The number of ether oxygens (including phenoxy) is 1. The van der Waals surface area contributed by atoms with Gasteiger partial charge in [-0.1, -0.05) is 12.8 Å². The van der Waals surface area contributed by atoms with E-state index < -0.39 is 12.0 Å². The number of fused-ring (bicyclic) bond motifs is 1. The summed E-state index contributed by atoms with van der Waals surface area (Å²) >= 11 is 0. The number of urea groups is 1. The van der Waals surface area contributed by atoms with Crippen LogP contribution in [0, 0.1) is 5.92 Å². The van der Waals surface area contributed by atoms with Crippen molar-refractivity contribution in [3.63, 3.8) is 0 Å². The third kappa shape index (κ3) is 3.87. The molecule has 1 heterocycles. The van der Waals surface area contributed by atoms with Gasteiger partial charge in [-0.25, -0.2) is 9.59 Å². The molecular formula is C15H26N2O4. The Labute approximate surface area is 125 Å². The Hall–Kier alpha value is -1.30. The summed E-state index contributed by atoms with van der Waals surface area (Å²) < 4.78 is 4.97. The molecule has 3 unspecified atom stereocenters. The maximum Gasteiger partial charge on any atom is 0.326 e. The molecule has 0 radical (unpaired) electrons. The molecule has 1 aliphatic heterocycles. The van der Waals surface area contributed by atoms with Crippen molar-refractivity contribution >= 4 is 12.0 Å². The van der Waals surface area contributed by atoms with E-state index in [1.165, 1.54) is 0 Å². The number of methoxy groups -OCH3 is 1. The van der Waals surface area contributed by atoms with Crippen LogP contribution in [0.2, 0.25) is 0 Å². The van der Waals surface area contributed by atoms with E-state index in [4.69, 9.17) is 4.74 Å². The monoisotopic (exact) mass is 298 g/mol. The van der Waals surface area contributed by atoms with Crippen LogP contribution in [0.3, 0.4) is 0 Å². The second kappa shape index (κ2) is 7.64. The second-order valence-corrected chi connectivity index (χ2v) is 6.04. The molecule has 2 aliphatic rings. The minimum Gasteiger partial charge on any atom is -0.480 e. The number of unbranched alkanes of at least 4 members (excludes halogenated alkanes) is 1. The van der Waals surface area contributed by atoms with Gasteiger partial charge in [0.25, 0.3) is 0 Å². The molecule has 2 amide bonds. The summed E-state index contributed by atoms with van der Waals surface area (Å²) in [6.45, 7) is 1.25. The maximum absolute atomic E-state index is 12.4. The Balaban J connectivity index is 1.90. The number of carbonyl (C=O) groups excluding carboxylic acids is 1. The average molecular weight is 298 g/mol. The lowest BCUT2D eigenvalue weighted by atomic mass is 9.85. The summed E-state index contributed by atoms with van der Waals surface area (Å²) in [4.78, 5) is 25.4. The van der Waals surface area contributed by atoms with Gasteiger partial charge in [-0.2, -0.15) is 0 Å². The number of amides is 2. The highest BCUT2D eigenvalue weighted by molar-refractivity contribution is 5.83. The van der Waals surface area contributed by atoms with E-state index >= 15 is 0 Å². The maximum atomic E-state index is 12.4. The fraction of sp³-hybridized carbons (Fsp3) is 0.867. The zero-order valence-electron chi connectivity index (χ0n) is 12.7. The number of nitrogens with zero attached hydrogens (tertiary/aromatic N) is 1. The molecule has 1 aliphatic carbocycles. The van der Waals surface area contributed by atoms with Gasteiger partial charge in [0.15, 0.2) is 0 Å². The smallest absolute Gasteiger partial charge is 0.326 e. The van der Waals surface area contributed by atoms with E-state index in [1.54, 1.807) is 12.0 Å². The molecule has 0 aromatic heterocycles. The first-order valence-electron chi connectivity index (χ1n) is 7.93. The summed E-state index contributed by atoms with van der Waals surface area (Å²) in [6.07, 6.45) is 6.57. The van der Waals surface area contributed by atoms with Crippen molar-refractivity contribution in [2.75, 3.05) is 20.3 Å². The molecule has 21 heavy (non-hydrogen) atoms. The van der Waals surface area contributed by atoms with Crippen molar-refractivity contribution in [2.45, 2.75) is 57.0 Å². The zero-order chi connectivity index (χ0) is 15.2. The Bertz CT molecular complexity index is 375. The second-order valence-electron chi connectivity index (χ2n) is 6.04. The number of aliphatic carboxylic acids is 1. The predicted octanol–water partition coefficient (Wildman–Crippen LogP) is 1.84. The highest BCUT2D eigenvalue weighted by Crippen LogP contribution is 2.39. The quantitative estimate of drug-likeness (QED) is 0.733. The van der Waals surface area contributed by atoms with E-state index in [0.717, 1.165) is 38.5 Å². The molecule has 1 saturated heterocycles. The van der Waals surface area contributed by atoms with Gasteiger partial charge in [-0.05, 0) is 38.0 Å². The molecule has 1 saturated carbocycles. The molecule has 3 atom stereocenters. The van der Waals surface area contributed by atoms with Gasteiger partial charge >= 0.3 is 12.0 Å². The van der Waals surface area contributed by atoms with Crippen LogP contribution < -0.4 is 5.32 Å². The van der Waals surface area contributed by atoms with Crippen molar-refractivity contribution in [1.82, 2.24) is 10.2 Å². The number of carbonyl (C=O) groups is 2. The lowest BCUT2D eigenvalue weighted by Crippen LogP contribution is -2.50. The van der Waals surface area contributed by atoms with Crippen molar-refractivity contribution in [1.29, 1.82) is 0 Å². The van der Waals surface area contributed by atoms with Gasteiger partial charge < -0.3 is 20.1 Å². The molecule has 2 rings (SSSR count). The standard InChI is InChI=1S/C15H26N2O4/c1-21-9-5-4-8-16-15(20)17-12-7-3-2-6-11(12)10-13(17)14(18)19/h11-13H,2-10H2,1H3,(H,16,20)(H,18,19). The molecule has 0 bridgehead atoms. The number of hydrogen-bond donors (Lipinski definition) is 2. The molecule has 0 aromatic rings. The molecule has 120 valence electrons. The molecule has 2 fully saturated rings. The first-order chi connectivity index (χ1) is 10.1. The minimum absolute atomic E-state index is 0.110. The van der Waals surface area contributed by atoms with Crippen LogP contribution in [0.1, 0.15) is 44.9 Å². The number of hydrogen-bond acceptors (Lipinski definition) is 3. The van der Waals surface area contributed by atoms with Crippen LogP contribution in [-0.2, 0) is 9.53 Å². The van der Waals surface area contributed by atoms with Crippen molar-refractivity contribution < 1.29 is 19.4 Å². The van der Waals surface area contributed by atoms with Gasteiger partial charge in [-0.15, -0.1) is 0 Å². The third-order valence-corrected chi connectivity index (χ3v) is 4.66. The van der Waals surface area contributed by atoms with Gasteiger partial charge in [0.2, 0.25) is 0 Å². The number of carboxylic acids is 1. The van der Waals surface area contributed by atoms with E-state index in [2.05, 4.69) is 5.32 Å². The largest absolute Gasteiger partial charge is 0.480 e. The number of rotatable bonds is 6. The Morgan fingerprint density at radius 1 is 1.29 bits per heavy atom. The average Bonchev–Trinajstić information content (AvgIpc) is 2.86. The van der Waals surface area contributed by atoms with Gasteiger partial charge in [0.05, 0.1) is 0 Å². The Morgan fingerprint density at radius 2 is 2.05 bits per heavy atom. The molecular weight excluding hydrogens is 272 g/mol. The molecule has 6 nitrogen and oxygen atoms in total. The van der Waals surface area contributed by atoms with Crippen molar-refractivity contribution in [2.24, 2.45) is 5.92 Å². The van der Waals surface area contributed by atoms with Crippen LogP contribution in [0.15, 0.2) is 0 Å². The Morgan fingerprint density at radius 3 is 2.76 bits per heavy atom. The first kappa shape index (κ1) is 16.1. The lowest BCUT2D eigenvalue weighted by molar-refractivity contribution is -0.141. The number of carboxylic acid groups (broad SMARTS) is 1. The summed E-state index contributed by atoms with van der Waals surface area (Å²) in [5.41, 5.74) is 0. The lowest BCUT2D eigenvalue weighted by Gasteiger charge is -2.33. The topological polar surface area (TPSA) is 78.9 Å². The van der Waals surface area contributed by atoms with Crippen LogP contribution in [0.5, 0.6) is 0 Å². The van der Waals surface area contributed by atoms with Gasteiger partial charge in [0, 0.05) is 26.3 Å². The SMILES string of the molecule is COCCCCNC(=O)N1C(C(=O)O)CC2CCCCC21. The van der Waals surface area contributed by atoms with Crippen molar-refractivity contribution in [3.8, 4) is 0 Å². The van der Waals surface area contributed by atoms with Crippen LogP contribution in [-0.4, -0.2) is 54.4 Å². The van der Waals surface area contributed by atoms with E-state index in [0.29, 0.717) is 25.5 Å². The molecule has 0 spiro atoms. The molecule has 2 N–H and O–H groups in total. The van der Waals surface area contributed by atoms with E-state index in [9.17, 15) is 14.7 Å². The highest BCUT2D eigenvalue weighted by atomic mass is 16.5. The first-order valence-corrected chi connectivity index (χ1v) is 7.93. The van der Waals surface area contributed by atoms with Crippen LogP contribution in [0.25, 0.3) is 0 Å². The highest BCUT2D eigenvalue weighted by Gasteiger charge is 2.47. The Kier molecular flexibility index (Phi) is 5.85. The number of nitrogens with one attached hydrogen (secondary N) is 1. The summed E-state index contributed by atoms with van der Waals surface area (Å²) in [7, 11) is 1.66. The van der Waals surface area contributed by atoms with Gasteiger partial charge in [0.1, 0.15) is 6.04 Å². The zero-order valence-corrected chi connectivity index (χ0v) is 12.7. The van der Waals surface area contributed by atoms with Gasteiger partial charge in [-0.3, -0.25) is 0 Å². The fourth-order valence-corrected chi connectivity index (χ4v) is 3.63. The fourth-order valence-electron chi connectivity index (χ4n) is 3.63. The minimum atomic E-state index is -0.876.